The summed E-state index contributed by atoms with van der Waals surface area (Å²) in [6, 6.07) is 11.1. The van der Waals surface area contributed by atoms with Crippen molar-refractivity contribution >= 4 is 17.7 Å². The number of benzene rings is 1. The number of hydrogen-bond donors (Lipinski definition) is 0. The molecule has 5 nitrogen and oxygen atoms in total. The molecule has 0 aliphatic carbocycles. The number of carbonyl (C=O) groups is 1. The standard InChI is InChI=1S/C18H21NO4S/c1-21-14-4-6-15(7-5-14)23-13-18(20)19-9-8-17(24-12-10-19)16-3-2-11-22-16/h2-7,11,17H,8-10,12-13H2,1H3. The van der Waals surface area contributed by atoms with E-state index in [2.05, 4.69) is 0 Å². The Hall–Kier alpha value is -2.08. The molecule has 6 heteroatoms. The van der Waals surface area contributed by atoms with Gasteiger partial charge in [0.2, 0.25) is 0 Å². The highest BCUT2D eigenvalue weighted by Crippen LogP contribution is 2.34. The topological polar surface area (TPSA) is 51.9 Å². The fourth-order valence-corrected chi connectivity index (χ4v) is 3.81. The Kier molecular flexibility index (Phi) is 5.69. The van der Waals surface area contributed by atoms with Crippen molar-refractivity contribution in [2.24, 2.45) is 0 Å². The van der Waals surface area contributed by atoms with E-state index in [1.807, 2.05) is 40.9 Å². The number of methoxy groups -OCH3 is 1. The summed E-state index contributed by atoms with van der Waals surface area (Å²) in [7, 11) is 1.62. The number of nitrogens with zero attached hydrogens (tertiary/aromatic N) is 1. The van der Waals surface area contributed by atoms with Gasteiger partial charge in [0.15, 0.2) is 6.61 Å². The summed E-state index contributed by atoms with van der Waals surface area (Å²) < 4.78 is 16.2. The smallest absolute Gasteiger partial charge is 0.260 e. The second kappa shape index (κ2) is 8.15. The van der Waals surface area contributed by atoms with Crippen molar-refractivity contribution in [3.8, 4) is 11.5 Å². The minimum atomic E-state index is 0.0199. The van der Waals surface area contributed by atoms with E-state index in [1.54, 1.807) is 25.5 Å². The van der Waals surface area contributed by atoms with Crippen molar-refractivity contribution < 1.29 is 18.7 Å². The molecule has 0 bridgehead atoms. The van der Waals surface area contributed by atoms with Crippen molar-refractivity contribution in [2.45, 2.75) is 11.7 Å². The van der Waals surface area contributed by atoms with E-state index in [1.165, 1.54) is 0 Å². The predicted molar refractivity (Wildman–Crippen MR) is 93.6 cm³/mol. The quantitative estimate of drug-likeness (QED) is 0.830. The summed E-state index contributed by atoms with van der Waals surface area (Å²) in [4.78, 5) is 14.3. The third-order valence-corrected chi connectivity index (χ3v) is 5.27. The molecule has 0 spiro atoms. The maximum absolute atomic E-state index is 12.4. The van der Waals surface area contributed by atoms with Gasteiger partial charge in [0.1, 0.15) is 17.3 Å². The Balaban J connectivity index is 1.49. The van der Waals surface area contributed by atoms with Crippen molar-refractivity contribution in [3.63, 3.8) is 0 Å². The average Bonchev–Trinajstić information content (AvgIpc) is 3.04. The molecule has 1 fully saturated rings. The number of carbonyl (C=O) groups excluding carboxylic acids is 1. The normalized spacial score (nSPS) is 18.0. The largest absolute Gasteiger partial charge is 0.497 e. The van der Waals surface area contributed by atoms with Crippen LogP contribution in [0.5, 0.6) is 11.5 Å². The molecule has 0 saturated carbocycles. The number of ether oxygens (including phenoxy) is 2. The molecule has 0 radical (unpaired) electrons. The highest BCUT2D eigenvalue weighted by molar-refractivity contribution is 7.99. The third kappa shape index (κ3) is 4.26. The summed E-state index contributed by atoms with van der Waals surface area (Å²) in [6.07, 6.45) is 2.60. The Labute approximate surface area is 145 Å². The van der Waals surface area contributed by atoms with Crippen LogP contribution in [-0.2, 0) is 4.79 Å². The van der Waals surface area contributed by atoms with Gasteiger partial charge >= 0.3 is 0 Å². The van der Waals surface area contributed by atoms with E-state index in [9.17, 15) is 4.79 Å². The summed E-state index contributed by atoms with van der Waals surface area (Å²) in [6.45, 7) is 1.53. The maximum atomic E-state index is 12.4. The lowest BCUT2D eigenvalue weighted by molar-refractivity contribution is -0.133. The lowest BCUT2D eigenvalue weighted by atomic mass is 10.2. The fourth-order valence-electron chi connectivity index (χ4n) is 2.63. The maximum Gasteiger partial charge on any atom is 0.260 e. The first kappa shape index (κ1) is 16.8. The van der Waals surface area contributed by atoms with Crippen LogP contribution in [-0.4, -0.2) is 43.4 Å². The molecule has 1 atom stereocenters. The minimum Gasteiger partial charge on any atom is -0.497 e. The third-order valence-electron chi connectivity index (χ3n) is 3.98. The summed E-state index contributed by atoms with van der Waals surface area (Å²) >= 11 is 1.84. The lowest BCUT2D eigenvalue weighted by Gasteiger charge is -2.20. The zero-order valence-electron chi connectivity index (χ0n) is 13.6. The fraction of sp³-hybridized carbons (Fsp3) is 0.389. The van der Waals surface area contributed by atoms with Crippen LogP contribution in [0.3, 0.4) is 0 Å². The van der Waals surface area contributed by atoms with Crippen LogP contribution in [0.2, 0.25) is 0 Å². The predicted octanol–water partition coefficient (Wildman–Crippen LogP) is 3.37. The van der Waals surface area contributed by atoms with E-state index < -0.39 is 0 Å². The van der Waals surface area contributed by atoms with Crippen LogP contribution in [0.25, 0.3) is 0 Å². The summed E-state index contributed by atoms with van der Waals surface area (Å²) in [5, 5.41) is 0.320. The zero-order chi connectivity index (χ0) is 16.8. The molecule has 1 aromatic heterocycles. The van der Waals surface area contributed by atoms with E-state index in [-0.39, 0.29) is 12.5 Å². The first-order valence-corrected chi connectivity index (χ1v) is 9.01. The molecule has 1 aliphatic rings. The number of thioether (sulfide) groups is 1. The monoisotopic (exact) mass is 347 g/mol. The van der Waals surface area contributed by atoms with Crippen molar-refractivity contribution in [1.82, 2.24) is 4.90 Å². The number of rotatable bonds is 5. The van der Waals surface area contributed by atoms with Crippen molar-refractivity contribution in [1.29, 1.82) is 0 Å². The van der Waals surface area contributed by atoms with Gasteiger partial charge in [-0.1, -0.05) is 0 Å². The SMILES string of the molecule is COc1ccc(OCC(=O)N2CCSC(c3ccco3)CC2)cc1. The molecule has 1 unspecified atom stereocenters. The number of hydrogen-bond acceptors (Lipinski definition) is 5. The number of furan rings is 1. The number of amides is 1. The first-order valence-electron chi connectivity index (χ1n) is 7.96. The minimum absolute atomic E-state index is 0.0199. The van der Waals surface area contributed by atoms with Crippen LogP contribution in [0.4, 0.5) is 0 Å². The Morgan fingerprint density at radius 3 is 2.75 bits per heavy atom. The van der Waals surface area contributed by atoms with E-state index >= 15 is 0 Å². The van der Waals surface area contributed by atoms with E-state index in [0.717, 1.165) is 36.8 Å². The van der Waals surface area contributed by atoms with E-state index in [4.69, 9.17) is 13.9 Å². The lowest BCUT2D eigenvalue weighted by Crippen LogP contribution is -2.36. The molecule has 0 N–H and O–H groups in total. The van der Waals surface area contributed by atoms with Crippen LogP contribution in [0.15, 0.2) is 47.1 Å². The molecule has 2 aromatic rings. The highest BCUT2D eigenvalue weighted by Gasteiger charge is 2.23. The molecule has 1 saturated heterocycles. The van der Waals surface area contributed by atoms with Gasteiger partial charge in [-0.3, -0.25) is 4.79 Å². The molecular weight excluding hydrogens is 326 g/mol. The van der Waals surface area contributed by atoms with Gasteiger partial charge in [0.05, 0.1) is 18.6 Å². The van der Waals surface area contributed by atoms with Crippen molar-refractivity contribution in [3.05, 3.63) is 48.4 Å². The Bertz CT molecular complexity index is 642. The Morgan fingerprint density at radius 2 is 2.04 bits per heavy atom. The average molecular weight is 347 g/mol. The molecule has 1 amide bonds. The van der Waals surface area contributed by atoms with Crippen LogP contribution in [0, 0.1) is 0 Å². The molecule has 24 heavy (non-hydrogen) atoms. The van der Waals surface area contributed by atoms with Crippen LogP contribution >= 0.6 is 11.8 Å². The molecule has 128 valence electrons. The zero-order valence-corrected chi connectivity index (χ0v) is 14.5. The molecule has 2 heterocycles. The van der Waals surface area contributed by atoms with Gasteiger partial charge < -0.3 is 18.8 Å². The van der Waals surface area contributed by atoms with Gasteiger partial charge in [-0.25, -0.2) is 0 Å². The van der Waals surface area contributed by atoms with Gasteiger partial charge in [-0.15, -0.1) is 11.8 Å². The Morgan fingerprint density at radius 1 is 1.25 bits per heavy atom. The molecule has 1 aromatic carbocycles. The molecular formula is C18H21NO4S. The summed E-state index contributed by atoms with van der Waals surface area (Å²) in [5.41, 5.74) is 0. The van der Waals surface area contributed by atoms with Gasteiger partial charge in [-0.2, -0.15) is 0 Å². The highest BCUT2D eigenvalue weighted by atomic mass is 32.2. The first-order chi connectivity index (χ1) is 11.8. The van der Waals surface area contributed by atoms with Gasteiger partial charge in [0, 0.05) is 18.8 Å². The second-order valence-electron chi connectivity index (χ2n) is 5.51. The van der Waals surface area contributed by atoms with Crippen LogP contribution < -0.4 is 9.47 Å². The van der Waals surface area contributed by atoms with Gasteiger partial charge in [0.25, 0.3) is 5.91 Å². The second-order valence-corrected chi connectivity index (χ2v) is 6.82. The van der Waals surface area contributed by atoms with Gasteiger partial charge in [-0.05, 0) is 42.8 Å². The summed E-state index contributed by atoms with van der Waals surface area (Å²) in [5.74, 6) is 3.35. The van der Waals surface area contributed by atoms with Crippen molar-refractivity contribution in [2.75, 3.05) is 32.6 Å². The van der Waals surface area contributed by atoms with Crippen LogP contribution in [0.1, 0.15) is 17.4 Å². The van der Waals surface area contributed by atoms with E-state index in [0.29, 0.717) is 11.0 Å². The molecule has 1 aliphatic heterocycles. The molecule has 3 rings (SSSR count).